The van der Waals surface area contributed by atoms with E-state index >= 15 is 0 Å². The lowest BCUT2D eigenvalue weighted by atomic mass is 10.0. The minimum absolute atomic E-state index is 0.0212. The summed E-state index contributed by atoms with van der Waals surface area (Å²) >= 11 is 0. The first-order chi connectivity index (χ1) is 49.7. The molecule has 2 saturated heterocycles. The molecule has 0 radical (unpaired) electrons. The molecule has 2 fully saturated rings. The Kier molecular flexibility index (Phi) is 32.2. The highest BCUT2D eigenvalue weighted by Crippen LogP contribution is 2.38. The van der Waals surface area contributed by atoms with Gasteiger partial charge in [-0.2, -0.15) is 0 Å². The van der Waals surface area contributed by atoms with Crippen LogP contribution >= 0.6 is 0 Å². The number of nitrogens with zero attached hydrogens (tertiary/aromatic N) is 2. The first-order valence-corrected chi connectivity index (χ1v) is 33.8. The number of hydrogen-bond donors (Lipinski definition) is 10. The lowest BCUT2D eigenvalue weighted by Crippen LogP contribution is -2.53. The van der Waals surface area contributed by atoms with E-state index in [1.54, 1.807) is 76.2 Å². The molecule has 31 nitrogen and oxygen atoms in total. The predicted molar refractivity (Wildman–Crippen MR) is 383 cm³/mol. The molecule has 0 aliphatic carbocycles. The maximum atomic E-state index is 14.3. The maximum absolute atomic E-state index is 14.3. The monoisotopic (exact) mass is 1450 g/mol. The van der Waals surface area contributed by atoms with Crippen LogP contribution in [0.15, 0.2) is 110 Å². The van der Waals surface area contributed by atoms with Crippen LogP contribution in [0.5, 0.6) is 23.0 Å². The number of alkyl carbamates (subject to hydrolysis) is 1. The van der Waals surface area contributed by atoms with Crippen molar-refractivity contribution in [3.05, 3.63) is 132 Å². The summed E-state index contributed by atoms with van der Waals surface area (Å²) in [6.45, 7) is 21.2. The normalized spacial score (nSPS) is 15.1. The van der Waals surface area contributed by atoms with Crippen LogP contribution in [-0.4, -0.2) is 203 Å². The molecule has 4 aromatic carbocycles. The van der Waals surface area contributed by atoms with Gasteiger partial charge in [0.15, 0.2) is 23.0 Å². The fourth-order valence-corrected chi connectivity index (χ4v) is 10.7. The maximum Gasteiger partial charge on any atom is 0.411 e. The average molecular weight is 1450 g/mol. The Morgan fingerprint density at radius 1 is 0.519 bits per heavy atom. The van der Waals surface area contributed by atoms with E-state index in [2.05, 4.69) is 62.3 Å². The molecule has 0 bridgehead atoms. The van der Waals surface area contributed by atoms with Crippen molar-refractivity contribution in [1.82, 2.24) is 31.1 Å². The molecule has 104 heavy (non-hydrogen) atoms. The van der Waals surface area contributed by atoms with Gasteiger partial charge in [-0.3, -0.25) is 44.2 Å². The Bertz CT molecular complexity index is 3700. The number of benzene rings is 4. The van der Waals surface area contributed by atoms with Gasteiger partial charge in [0, 0.05) is 56.5 Å². The lowest BCUT2D eigenvalue weighted by molar-refractivity contribution is -0.132. The van der Waals surface area contributed by atoms with Gasteiger partial charge < -0.3 is 94.5 Å². The summed E-state index contributed by atoms with van der Waals surface area (Å²) in [5.41, 5.74) is 3.06. The van der Waals surface area contributed by atoms with Gasteiger partial charge in [-0.1, -0.05) is 88.9 Å². The highest BCUT2D eigenvalue weighted by Gasteiger charge is 2.36. The van der Waals surface area contributed by atoms with E-state index in [1.165, 1.54) is 75.3 Å². The van der Waals surface area contributed by atoms with Crippen LogP contribution in [-0.2, 0) is 60.9 Å². The zero-order valence-electron chi connectivity index (χ0n) is 60.1. The summed E-state index contributed by atoms with van der Waals surface area (Å²) in [5.74, 6) is -3.97. The standard InChI is InChI=1S/C73H96N10O21/c1-13-24-102-73(95)81-64(43(4)5)68(90)75-47(9)66(88)77-51-21-17-49(18-22-51)41-104-72(94)79-57-35-61(59(98-12)33-55(57)70(92)83-37-45(7)31-53(83)39-85)101-26-14-25-100-60-34-56(54(32-58(60)97-11)69(91)82-36-44(6)30-52(82)38-84)78-71(93)103-40-48-15-19-50(20-16-48)76-65(87)46(8)74-67(89)63(42(2)3)80-62(86)23-27-99-29-28-96-10/h13,15-22,32-35,42-43,46-47,52-53,63-64,84-85H,1,6-7,14,23-31,36-41H2,2-5,8-12H3,(H,74,89)(H,75,90)(H,76,87)(H,77,88)(H,78,93)(H,79,94)(H,80,86)(H,81,95)/t46?,47?,52?,53?,63-,64-/m0/s1. The Labute approximate surface area is 604 Å². The van der Waals surface area contributed by atoms with Crippen LogP contribution in [0, 0.1) is 11.8 Å². The number of aliphatic hydroxyl groups is 2. The van der Waals surface area contributed by atoms with E-state index in [4.69, 9.17) is 42.6 Å². The second-order valence-corrected chi connectivity index (χ2v) is 25.2. The molecule has 6 atom stereocenters. The molecule has 10 N–H and O–H groups in total. The van der Waals surface area contributed by atoms with Crippen molar-refractivity contribution in [1.29, 1.82) is 0 Å². The molecule has 0 aromatic heterocycles. The number of methoxy groups -OCH3 is 3. The smallest absolute Gasteiger partial charge is 0.411 e. The second kappa shape index (κ2) is 40.8. The zero-order valence-corrected chi connectivity index (χ0v) is 60.1. The molecule has 0 saturated carbocycles. The number of rotatable bonds is 38. The van der Waals surface area contributed by atoms with Gasteiger partial charge in [0.25, 0.3) is 11.8 Å². The van der Waals surface area contributed by atoms with Crippen LogP contribution in [0.2, 0.25) is 0 Å². The second-order valence-electron chi connectivity index (χ2n) is 25.2. The number of ether oxygens (including phenoxy) is 9. The largest absolute Gasteiger partial charge is 0.493 e. The van der Waals surface area contributed by atoms with Gasteiger partial charge in [-0.15, -0.1) is 0 Å². The van der Waals surface area contributed by atoms with Gasteiger partial charge in [-0.05, 0) is 86.1 Å². The van der Waals surface area contributed by atoms with Crippen LogP contribution in [0.1, 0.15) is 99.1 Å². The number of likely N-dealkylation sites (tertiary alicyclic amines) is 2. The third kappa shape index (κ3) is 24.5. The highest BCUT2D eigenvalue weighted by atomic mass is 16.6. The number of hydrogen-bond acceptors (Lipinski definition) is 21. The van der Waals surface area contributed by atoms with Crippen molar-refractivity contribution >= 4 is 82.4 Å². The summed E-state index contributed by atoms with van der Waals surface area (Å²) in [4.78, 5) is 136. The van der Waals surface area contributed by atoms with Crippen LogP contribution in [0.3, 0.4) is 0 Å². The van der Waals surface area contributed by atoms with E-state index in [1.807, 2.05) is 0 Å². The van der Waals surface area contributed by atoms with Gasteiger partial charge in [0.05, 0.1) is 95.1 Å². The van der Waals surface area contributed by atoms with Gasteiger partial charge >= 0.3 is 18.3 Å². The minimum atomic E-state index is -1.01. The summed E-state index contributed by atoms with van der Waals surface area (Å²) in [6.07, 6.45) is -0.447. The summed E-state index contributed by atoms with van der Waals surface area (Å²) in [6, 6.07) is 13.1. The van der Waals surface area contributed by atoms with E-state index < -0.39 is 90.0 Å². The molecular weight excluding hydrogens is 1350 g/mol. The van der Waals surface area contributed by atoms with Crippen molar-refractivity contribution in [3.8, 4) is 23.0 Å². The number of aliphatic hydroxyl groups excluding tert-OH is 2. The average Bonchev–Trinajstić information content (AvgIpc) is 1.79. The molecule has 6 rings (SSSR count). The van der Waals surface area contributed by atoms with E-state index in [0.717, 1.165) is 0 Å². The number of anilines is 4. The third-order valence-corrected chi connectivity index (χ3v) is 16.4. The van der Waals surface area contributed by atoms with Crippen LogP contribution < -0.4 is 61.5 Å². The summed E-state index contributed by atoms with van der Waals surface area (Å²) in [5, 5.41) is 41.6. The number of carbonyl (C=O) groups is 10. The van der Waals surface area contributed by atoms with E-state index in [0.29, 0.717) is 59.7 Å². The van der Waals surface area contributed by atoms with Crippen LogP contribution in [0.25, 0.3) is 0 Å². The molecule has 0 spiro atoms. The van der Waals surface area contributed by atoms with Crippen LogP contribution in [0.4, 0.5) is 37.1 Å². The van der Waals surface area contributed by atoms with Crippen molar-refractivity contribution in [2.24, 2.45) is 11.8 Å². The minimum Gasteiger partial charge on any atom is -0.493 e. The molecule has 564 valence electrons. The number of nitrogens with one attached hydrogen (secondary N) is 8. The Hall–Kier alpha value is -10.8. The fourth-order valence-electron chi connectivity index (χ4n) is 10.7. The first-order valence-electron chi connectivity index (χ1n) is 33.8. The number of carbonyl (C=O) groups excluding carboxylic acids is 10. The molecule has 2 aliphatic heterocycles. The molecule has 4 aromatic rings. The molecule has 4 unspecified atom stereocenters. The van der Waals surface area contributed by atoms with Crippen molar-refractivity contribution < 1.29 is 101 Å². The summed E-state index contributed by atoms with van der Waals surface area (Å²) < 4.78 is 50.2. The van der Waals surface area contributed by atoms with Crippen molar-refractivity contribution in [3.63, 3.8) is 0 Å². The van der Waals surface area contributed by atoms with Gasteiger partial charge in [-0.25, -0.2) is 14.4 Å². The van der Waals surface area contributed by atoms with Crippen molar-refractivity contribution in [2.75, 3.05) is 109 Å². The summed E-state index contributed by atoms with van der Waals surface area (Å²) in [7, 11) is 4.26. The molecule has 10 amide bonds. The third-order valence-electron chi connectivity index (χ3n) is 16.4. The fraction of sp³-hybridized carbons (Fsp3) is 0.452. The van der Waals surface area contributed by atoms with E-state index in [-0.39, 0.29) is 142 Å². The Balaban J connectivity index is 1.09. The van der Waals surface area contributed by atoms with Gasteiger partial charge in [0.1, 0.15) is 44.0 Å². The molecular formula is C73H96N10O21. The molecule has 2 aliphatic rings. The number of amides is 10. The lowest BCUT2D eigenvalue weighted by Gasteiger charge is -2.25. The molecule has 2 heterocycles. The van der Waals surface area contributed by atoms with Gasteiger partial charge in [0.2, 0.25) is 29.5 Å². The zero-order chi connectivity index (χ0) is 76.2. The van der Waals surface area contributed by atoms with E-state index in [9.17, 15) is 58.2 Å². The first kappa shape index (κ1) is 82.2. The van der Waals surface area contributed by atoms with Crippen molar-refractivity contribution in [2.45, 2.75) is 117 Å². The SMILES string of the molecule is C=CCOC(=O)N[C@H](C(=O)NC(C)C(=O)Nc1ccc(COC(=O)Nc2cc(OCCCOc3cc(NC(=O)OCc4ccc(NC(=O)C(C)NC(=O)[C@@H](NC(=O)CCOCCOC)C(C)C)cc4)c(C(=O)N4CC(=C)CC4CO)cc3OC)c(OC)cc2C(=O)N2CC(=C)CC2CO)cc1)C(C)C. The Morgan fingerprint density at radius 3 is 1.35 bits per heavy atom. The Morgan fingerprint density at radius 2 is 0.952 bits per heavy atom. The predicted octanol–water partition coefficient (Wildman–Crippen LogP) is 6.59. The quantitative estimate of drug-likeness (QED) is 0.0128. The molecule has 31 heteroatoms. The topological polar surface area (TPSA) is 397 Å². The highest BCUT2D eigenvalue weighted by molar-refractivity contribution is 6.05.